The fraction of sp³-hybridized carbons (Fsp3) is 0.294. The van der Waals surface area contributed by atoms with E-state index in [0.717, 1.165) is 27.0 Å². The van der Waals surface area contributed by atoms with Crippen molar-refractivity contribution in [3.05, 3.63) is 30.1 Å². The fourth-order valence-electron chi connectivity index (χ4n) is 3.19. The Balaban J connectivity index is 1.52. The second-order valence-electron chi connectivity index (χ2n) is 6.31. The number of amides is 1. The van der Waals surface area contributed by atoms with Crippen LogP contribution in [0.3, 0.4) is 0 Å². The quantitative estimate of drug-likeness (QED) is 0.540. The number of aromatic nitrogens is 3. The van der Waals surface area contributed by atoms with Crippen LogP contribution >= 0.6 is 11.3 Å². The molecule has 0 spiro atoms. The number of aryl methyl sites for hydroxylation is 1. The summed E-state index contributed by atoms with van der Waals surface area (Å²) in [5, 5.41) is 17.6. The van der Waals surface area contributed by atoms with Gasteiger partial charge in [0.1, 0.15) is 0 Å². The minimum absolute atomic E-state index is 0.0882. The molecule has 1 saturated heterocycles. The summed E-state index contributed by atoms with van der Waals surface area (Å²) in [5.41, 5.74) is 2.70. The molecular weight excluding hydrogens is 350 g/mol. The summed E-state index contributed by atoms with van der Waals surface area (Å²) in [5.74, 6) is 5.64. The van der Waals surface area contributed by atoms with E-state index in [0.29, 0.717) is 24.6 Å². The Hall–Kier alpha value is -3.12. The average Bonchev–Trinajstić information content (AvgIpc) is 3.35. The van der Waals surface area contributed by atoms with Crippen LogP contribution < -0.4 is 11.2 Å². The summed E-state index contributed by atoms with van der Waals surface area (Å²) in [6, 6.07) is 5.96. The van der Waals surface area contributed by atoms with Crippen LogP contribution in [0.5, 0.6) is 0 Å². The molecule has 0 saturated carbocycles. The van der Waals surface area contributed by atoms with Crippen LogP contribution in [-0.2, 0) is 4.79 Å². The van der Waals surface area contributed by atoms with Crippen molar-refractivity contribution in [1.82, 2.24) is 19.8 Å². The summed E-state index contributed by atoms with van der Waals surface area (Å²) in [7, 11) is 0. The summed E-state index contributed by atoms with van der Waals surface area (Å²) in [4.78, 5) is 20.6. The maximum absolute atomic E-state index is 12.3. The SMILES string of the molecule is Cc1nn(N)c2cc(-c3cnc(NC(=O)[C@H]4CCN(C#N)C4)s3)ccc12. The van der Waals surface area contributed by atoms with Crippen LogP contribution in [0.25, 0.3) is 21.3 Å². The first-order valence-corrected chi connectivity index (χ1v) is 9.03. The van der Waals surface area contributed by atoms with Gasteiger partial charge in [0.2, 0.25) is 5.91 Å². The largest absolute Gasteiger partial charge is 0.323 e. The Morgan fingerprint density at radius 1 is 1.50 bits per heavy atom. The van der Waals surface area contributed by atoms with E-state index in [1.54, 1.807) is 11.1 Å². The van der Waals surface area contributed by atoms with Gasteiger partial charge in [-0.3, -0.25) is 4.79 Å². The molecule has 1 amide bonds. The highest BCUT2D eigenvalue weighted by Gasteiger charge is 2.28. The smallest absolute Gasteiger partial charge is 0.231 e. The molecule has 1 aromatic carbocycles. The van der Waals surface area contributed by atoms with Gasteiger partial charge in [-0.25, -0.2) is 4.98 Å². The topological polar surface area (TPSA) is 113 Å². The molecule has 132 valence electrons. The Morgan fingerprint density at radius 3 is 3.12 bits per heavy atom. The van der Waals surface area contributed by atoms with Crippen molar-refractivity contribution in [3.63, 3.8) is 0 Å². The number of benzene rings is 1. The van der Waals surface area contributed by atoms with E-state index >= 15 is 0 Å². The lowest BCUT2D eigenvalue weighted by Crippen LogP contribution is -2.25. The Labute approximate surface area is 153 Å². The molecule has 1 aliphatic heterocycles. The van der Waals surface area contributed by atoms with Crippen LogP contribution in [0.2, 0.25) is 0 Å². The molecule has 1 fully saturated rings. The molecule has 8 nitrogen and oxygen atoms in total. The van der Waals surface area contributed by atoms with E-state index < -0.39 is 0 Å². The van der Waals surface area contributed by atoms with Crippen LogP contribution in [0.4, 0.5) is 5.13 Å². The number of hydrogen-bond donors (Lipinski definition) is 2. The van der Waals surface area contributed by atoms with E-state index in [2.05, 4.69) is 21.6 Å². The van der Waals surface area contributed by atoms with Crippen molar-refractivity contribution in [2.75, 3.05) is 24.2 Å². The highest BCUT2D eigenvalue weighted by molar-refractivity contribution is 7.19. The van der Waals surface area contributed by atoms with Gasteiger partial charge in [-0.15, -0.1) is 0 Å². The number of nitrogens with one attached hydrogen (secondary N) is 1. The predicted molar refractivity (Wildman–Crippen MR) is 99.7 cm³/mol. The highest BCUT2D eigenvalue weighted by atomic mass is 32.1. The molecule has 9 heteroatoms. The van der Waals surface area contributed by atoms with Gasteiger partial charge in [-0.05, 0) is 25.0 Å². The minimum atomic E-state index is -0.173. The number of thiazole rings is 1. The van der Waals surface area contributed by atoms with Gasteiger partial charge < -0.3 is 16.1 Å². The molecule has 3 heterocycles. The van der Waals surface area contributed by atoms with Crippen LogP contribution in [0, 0.1) is 24.3 Å². The Bertz CT molecular complexity index is 1030. The van der Waals surface area contributed by atoms with Crippen LogP contribution in [0.15, 0.2) is 24.4 Å². The zero-order valence-corrected chi connectivity index (χ0v) is 15.0. The molecule has 3 aromatic rings. The summed E-state index contributed by atoms with van der Waals surface area (Å²) < 4.78 is 0. The lowest BCUT2D eigenvalue weighted by Gasteiger charge is -2.08. The third-order valence-corrected chi connectivity index (χ3v) is 5.57. The normalized spacial score (nSPS) is 16.8. The van der Waals surface area contributed by atoms with Crippen molar-refractivity contribution in [1.29, 1.82) is 5.26 Å². The predicted octanol–water partition coefficient (Wildman–Crippen LogP) is 1.92. The Morgan fingerprint density at radius 2 is 2.35 bits per heavy atom. The number of anilines is 1. The molecule has 0 radical (unpaired) electrons. The van der Waals surface area contributed by atoms with Gasteiger partial charge in [-0.2, -0.15) is 15.2 Å². The van der Waals surface area contributed by atoms with Gasteiger partial charge in [-0.1, -0.05) is 23.5 Å². The number of nitrogens with two attached hydrogens (primary N) is 1. The number of likely N-dealkylation sites (tertiary alicyclic amines) is 1. The van der Waals surface area contributed by atoms with Crippen molar-refractivity contribution in [2.24, 2.45) is 5.92 Å². The number of rotatable bonds is 3. The molecule has 4 rings (SSSR count). The number of hydrogen-bond acceptors (Lipinski definition) is 7. The maximum atomic E-state index is 12.3. The standard InChI is InChI=1S/C17H17N7OS/c1-10-13-3-2-11(6-14(13)24(19)22-10)15-7-20-17(26-15)21-16(25)12-4-5-23(8-12)9-18/h2-3,6-7,12H,4-5,8,19H2,1H3,(H,20,21,25)/t12-/m0/s1. The Kier molecular flexibility index (Phi) is 3.97. The summed E-state index contributed by atoms with van der Waals surface area (Å²) in [6.45, 7) is 3.02. The first-order chi connectivity index (χ1) is 12.5. The van der Waals surface area contributed by atoms with Crippen LogP contribution in [-0.4, -0.2) is 38.8 Å². The lowest BCUT2D eigenvalue weighted by molar-refractivity contribution is -0.119. The highest BCUT2D eigenvalue weighted by Crippen LogP contribution is 2.32. The second-order valence-corrected chi connectivity index (χ2v) is 7.34. The number of carbonyl (C=O) groups excluding carboxylic acids is 1. The van der Waals surface area contributed by atoms with E-state index in [9.17, 15) is 4.79 Å². The number of carbonyl (C=O) groups is 1. The second kappa shape index (κ2) is 6.31. The zero-order valence-electron chi connectivity index (χ0n) is 14.1. The number of nitrogen functional groups attached to an aromatic ring is 1. The molecule has 0 aliphatic carbocycles. The minimum Gasteiger partial charge on any atom is -0.323 e. The number of nitriles is 1. The van der Waals surface area contributed by atoms with Crippen LogP contribution in [0.1, 0.15) is 12.1 Å². The third-order valence-electron chi connectivity index (χ3n) is 4.61. The van der Waals surface area contributed by atoms with E-state index in [4.69, 9.17) is 11.1 Å². The van der Waals surface area contributed by atoms with Crippen molar-refractivity contribution < 1.29 is 4.79 Å². The van der Waals surface area contributed by atoms with E-state index in [1.165, 1.54) is 16.1 Å². The van der Waals surface area contributed by atoms with Gasteiger partial charge >= 0.3 is 0 Å². The first kappa shape index (κ1) is 16.4. The molecule has 0 bridgehead atoms. The monoisotopic (exact) mass is 367 g/mol. The average molecular weight is 367 g/mol. The molecule has 2 aromatic heterocycles. The van der Waals surface area contributed by atoms with Gasteiger partial charge in [0, 0.05) is 24.7 Å². The molecule has 1 atom stereocenters. The molecule has 0 unspecified atom stereocenters. The van der Waals surface area contributed by atoms with Gasteiger partial charge in [0.15, 0.2) is 11.3 Å². The van der Waals surface area contributed by atoms with Gasteiger partial charge in [0.25, 0.3) is 0 Å². The van der Waals surface area contributed by atoms with Crippen molar-refractivity contribution in [3.8, 4) is 16.6 Å². The molecular formula is C17H17N7OS. The maximum Gasteiger partial charge on any atom is 0.231 e. The molecule has 1 aliphatic rings. The van der Waals surface area contributed by atoms with Crippen molar-refractivity contribution >= 4 is 33.3 Å². The summed E-state index contributed by atoms with van der Waals surface area (Å²) in [6.07, 6.45) is 4.51. The van der Waals surface area contributed by atoms with E-state index in [-0.39, 0.29) is 11.8 Å². The first-order valence-electron chi connectivity index (χ1n) is 8.21. The molecule has 26 heavy (non-hydrogen) atoms. The summed E-state index contributed by atoms with van der Waals surface area (Å²) >= 11 is 1.41. The fourth-order valence-corrected chi connectivity index (χ4v) is 4.00. The molecule has 3 N–H and O–H groups in total. The number of fused-ring (bicyclic) bond motifs is 1. The van der Waals surface area contributed by atoms with E-state index in [1.807, 2.05) is 25.1 Å². The zero-order chi connectivity index (χ0) is 18.3. The van der Waals surface area contributed by atoms with Gasteiger partial charge in [0.05, 0.1) is 22.0 Å². The third kappa shape index (κ3) is 2.84. The number of nitrogens with zero attached hydrogens (tertiary/aromatic N) is 5. The van der Waals surface area contributed by atoms with Crippen molar-refractivity contribution in [2.45, 2.75) is 13.3 Å². The lowest BCUT2D eigenvalue weighted by atomic mass is 10.1.